The molecule has 0 atom stereocenters. The van der Waals surface area contributed by atoms with Crippen molar-refractivity contribution in [3.05, 3.63) is 29.3 Å². The molecular weight excluding hydrogens is 210 g/mol. The van der Waals surface area contributed by atoms with Crippen molar-refractivity contribution in [3.63, 3.8) is 0 Å². The molecule has 1 fully saturated rings. The fourth-order valence-corrected chi connectivity index (χ4v) is 2.45. The minimum absolute atomic E-state index is 0.0309. The molecule has 0 amide bonds. The first kappa shape index (κ1) is 11.1. The van der Waals surface area contributed by atoms with E-state index in [-0.39, 0.29) is 5.60 Å². The summed E-state index contributed by atoms with van der Waals surface area (Å²) in [7, 11) is 0. The molecule has 0 aromatic heterocycles. The summed E-state index contributed by atoms with van der Waals surface area (Å²) in [6.07, 6.45) is 3.65. The van der Waals surface area contributed by atoms with Crippen molar-refractivity contribution in [2.75, 3.05) is 0 Å². The lowest BCUT2D eigenvalue weighted by molar-refractivity contribution is 0.138. The van der Waals surface area contributed by atoms with Crippen LogP contribution < -0.4 is 10.1 Å². The third-order valence-electron chi connectivity index (χ3n) is 3.85. The van der Waals surface area contributed by atoms with Crippen LogP contribution in [0.2, 0.25) is 0 Å². The molecule has 1 heterocycles. The quantitative estimate of drug-likeness (QED) is 0.863. The predicted octanol–water partition coefficient (Wildman–Crippen LogP) is 3.04. The minimum atomic E-state index is -0.0309. The Bertz CT molecular complexity index is 446. The smallest absolute Gasteiger partial charge is 0.123 e. The zero-order valence-corrected chi connectivity index (χ0v) is 11.0. The fraction of sp³-hybridized carbons (Fsp3) is 0.600. The van der Waals surface area contributed by atoms with Gasteiger partial charge in [-0.25, -0.2) is 0 Å². The number of benzene rings is 1. The van der Waals surface area contributed by atoms with Crippen molar-refractivity contribution >= 4 is 0 Å². The van der Waals surface area contributed by atoms with Crippen LogP contribution in [0.15, 0.2) is 18.2 Å². The second-order valence-corrected chi connectivity index (χ2v) is 6.39. The lowest BCUT2D eigenvalue weighted by atomic mass is 10.00. The zero-order chi connectivity index (χ0) is 12.1. The van der Waals surface area contributed by atoms with Crippen LogP contribution in [0.4, 0.5) is 0 Å². The van der Waals surface area contributed by atoms with Crippen molar-refractivity contribution in [2.45, 2.75) is 57.7 Å². The van der Waals surface area contributed by atoms with Crippen LogP contribution in [0, 0.1) is 0 Å². The third-order valence-corrected chi connectivity index (χ3v) is 3.85. The number of hydrogen-bond acceptors (Lipinski definition) is 2. The van der Waals surface area contributed by atoms with Gasteiger partial charge in [0.25, 0.3) is 0 Å². The summed E-state index contributed by atoms with van der Waals surface area (Å²) in [6, 6.07) is 6.60. The van der Waals surface area contributed by atoms with Gasteiger partial charge in [0.2, 0.25) is 0 Å². The van der Waals surface area contributed by atoms with E-state index >= 15 is 0 Å². The second-order valence-electron chi connectivity index (χ2n) is 6.39. The SMILES string of the molecule is CC1(NCc2ccc3c(c2)CC(C)(C)O3)CC1. The van der Waals surface area contributed by atoms with Crippen molar-refractivity contribution in [1.82, 2.24) is 5.32 Å². The van der Waals surface area contributed by atoms with Gasteiger partial charge in [0.05, 0.1) is 0 Å². The lowest BCUT2D eigenvalue weighted by Crippen LogP contribution is -2.26. The molecule has 2 heteroatoms. The van der Waals surface area contributed by atoms with E-state index in [1.807, 2.05) is 0 Å². The summed E-state index contributed by atoms with van der Waals surface area (Å²) in [5.41, 5.74) is 3.11. The van der Waals surface area contributed by atoms with Gasteiger partial charge in [-0.15, -0.1) is 0 Å². The van der Waals surface area contributed by atoms with Gasteiger partial charge in [0.15, 0.2) is 0 Å². The zero-order valence-electron chi connectivity index (χ0n) is 11.0. The molecule has 1 N–H and O–H groups in total. The Labute approximate surface area is 103 Å². The molecule has 3 rings (SSSR count). The predicted molar refractivity (Wildman–Crippen MR) is 69.3 cm³/mol. The Kier molecular flexibility index (Phi) is 2.27. The summed E-state index contributed by atoms with van der Waals surface area (Å²) in [6.45, 7) is 7.57. The van der Waals surface area contributed by atoms with Crippen LogP contribution in [-0.4, -0.2) is 11.1 Å². The van der Waals surface area contributed by atoms with Crippen molar-refractivity contribution in [3.8, 4) is 5.75 Å². The molecule has 1 aromatic carbocycles. The number of hydrogen-bond donors (Lipinski definition) is 1. The van der Waals surface area contributed by atoms with E-state index in [2.05, 4.69) is 44.3 Å². The van der Waals surface area contributed by atoms with Gasteiger partial charge in [-0.3, -0.25) is 0 Å². The molecule has 1 aliphatic carbocycles. The van der Waals surface area contributed by atoms with Gasteiger partial charge in [0, 0.05) is 18.5 Å². The van der Waals surface area contributed by atoms with E-state index in [4.69, 9.17) is 4.74 Å². The number of ether oxygens (including phenoxy) is 1. The average molecular weight is 231 g/mol. The molecule has 92 valence electrons. The summed E-state index contributed by atoms with van der Waals surface area (Å²) in [5, 5.41) is 3.62. The van der Waals surface area contributed by atoms with Crippen LogP contribution >= 0.6 is 0 Å². The Morgan fingerprint density at radius 3 is 2.71 bits per heavy atom. The molecule has 0 saturated heterocycles. The molecule has 2 nitrogen and oxygen atoms in total. The van der Waals surface area contributed by atoms with Crippen LogP contribution in [0.1, 0.15) is 44.7 Å². The summed E-state index contributed by atoms with van der Waals surface area (Å²) >= 11 is 0. The first-order valence-electron chi connectivity index (χ1n) is 6.52. The van der Waals surface area contributed by atoms with E-state index in [1.165, 1.54) is 24.0 Å². The highest BCUT2D eigenvalue weighted by Gasteiger charge is 2.36. The maximum atomic E-state index is 5.89. The first-order valence-corrected chi connectivity index (χ1v) is 6.52. The van der Waals surface area contributed by atoms with Gasteiger partial charge in [-0.2, -0.15) is 0 Å². The molecule has 0 spiro atoms. The highest BCUT2D eigenvalue weighted by atomic mass is 16.5. The molecule has 0 bridgehead atoms. The van der Waals surface area contributed by atoms with E-state index in [9.17, 15) is 0 Å². The monoisotopic (exact) mass is 231 g/mol. The maximum Gasteiger partial charge on any atom is 0.123 e. The molecule has 0 unspecified atom stereocenters. The molecular formula is C15H21NO. The second kappa shape index (κ2) is 3.49. The molecule has 17 heavy (non-hydrogen) atoms. The van der Waals surface area contributed by atoms with Crippen LogP contribution in [-0.2, 0) is 13.0 Å². The third kappa shape index (κ3) is 2.32. The average Bonchev–Trinajstić information content (AvgIpc) is 2.88. The van der Waals surface area contributed by atoms with Crippen LogP contribution in [0.5, 0.6) is 5.75 Å². The molecule has 0 radical (unpaired) electrons. The Morgan fingerprint density at radius 2 is 2.00 bits per heavy atom. The van der Waals surface area contributed by atoms with Crippen LogP contribution in [0.3, 0.4) is 0 Å². The Hall–Kier alpha value is -1.02. The van der Waals surface area contributed by atoms with Gasteiger partial charge >= 0.3 is 0 Å². The summed E-state index contributed by atoms with van der Waals surface area (Å²) < 4.78 is 5.89. The number of nitrogens with one attached hydrogen (secondary N) is 1. The van der Waals surface area contributed by atoms with Crippen molar-refractivity contribution in [2.24, 2.45) is 0 Å². The summed E-state index contributed by atoms with van der Waals surface area (Å²) in [4.78, 5) is 0. The van der Waals surface area contributed by atoms with E-state index in [0.717, 1.165) is 18.7 Å². The maximum absolute atomic E-state index is 5.89. The first-order chi connectivity index (χ1) is 7.96. The van der Waals surface area contributed by atoms with Crippen LogP contribution in [0.25, 0.3) is 0 Å². The molecule has 1 aliphatic heterocycles. The van der Waals surface area contributed by atoms with Gasteiger partial charge in [-0.05, 0) is 50.8 Å². The summed E-state index contributed by atoms with van der Waals surface area (Å²) in [5.74, 6) is 1.07. The Balaban J connectivity index is 1.72. The van der Waals surface area contributed by atoms with Gasteiger partial charge < -0.3 is 10.1 Å². The standard InChI is InChI=1S/C15H21NO/c1-14(2)9-12-8-11(4-5-13(12)17-14)10-16-15(3)6-7-15/h4-5,8,16H,6-7,9-10H2,1-3H3. The molecule has 1 saturated carbocycles. The lowest BCUT2D eigenvalue weighted by Gasteiger charge is -2.16. The minimum Gasteiger partial charge on any atom is -0.487 e. The van der Waals surface area contributed by atoms with E-state index in [0.29, 0.717) is 5.54 Å². The highest BCUT2D eigenvalue weighted by molar-refractivity contribution is 5.41. The largest absolute Gasteiger partial charge is 0.487 e. The molecule has 1 aromatic rings. The molecule has 2 aliphatic rings. The van der Waals surface area contributed by atoms with Crippen molar-refractivity contribution in [1.29, 1.82) is 0 Å². The van der Waals surface area contributed by atoms with E-state index in [1.54, 1.807) is 0 Å². The number of fused-ring (bicyclic) bond motifs is 1. The topological polar surface area (TPSA) is 21.3 Å². The highest BCUT2D eigenvalue weighted by Crippen LogP contribution is 2.36. The van der Waals surface area contributed by atoms with Gasteiger partial charge in [0.1, 0.15) is 11.4 Å². The fourth-order valence-electron chi connectivity index (χ4n) is 2.45. The van der Waals surface area contributed by atoms with Gasteiger partial charge in [-0.1, -0.05) is 12.1 Å². The van der Waals surface area contributed by atoms with E-state index < -0.39 is 0 Å². The number of rotatable bonds is 3. The Morgan fingerprint density at radius 1 is 1.24 bits per heavy atom. The van der Waals surface area contributed by atoms with Crippen molar-refractivity contribution < 1.29 is 4.74 Å². The normalized spacial score (nSPS) is 23.0.